The van der Waals surface area contributed by atoms with Crippen LogP contribution in [0.4, 0.5) is 0 Å². The zero-order valence-electron chi connectivity index (χ0n) is 7.97. The topological polar surface area (TPSA) is 74.0 Å². The summed E-state index contributed by atoms with van der Waals surface area (Å²) >= 11 is 4.20. The number of rotatable bonds is 2. The Labute approximate surface area is 92.4 Å². The molecule has 1 amide bonds. The minimum absolute atomic E-state index is 0.377. The van der Waals surface area contributed by atoms with E-state index in [-0.39, 0.29) is 0 Å². The minimum Gasteiger partial charge on any atom is -0.364 e. The van der Waals surface area contributed by atoms with Gasteiger partial charge in [-0.1, -0.05) is 18.9 Å². The zero-order chi connectivity index (χ0) is 11.0. The van der Waals surface area contributed by atoms with Crippen molar-refractivity contribution in [3.05, 3.63) is 35.5 Å². The first-order chi connectivity index (χ1) is 7.13. The lowest BCUT2D eigenvalue weighted by atomic mass is 10.1. The van der Waals surface area contributed by atoms with Gasteiger partial charge in [-0.15, -0.1) is 0 Å². The van der Waals surface area contributed by atoms with Gasteiger partial charge in [-0.05, 0) is 23.8 Å². The third-order valence-corrected chi connectivity index (χ3v) is 2.76. The minimum atomic E-state index is -0.490. The van der Waals surface area contributed by atoms with Crippen molar-refractivity contribution >= 4 is 29.6 Å². The maximum Gasteiger partial charge on any atom is 0.266 e. The molecule has 0 aliphatic rings. The van der Waals surface area contributed by atoms with E-state index in [9.17, 15) is 4.79 Å². The second-order valence-electron chi connectivity index (χ2n) is 3.30. The van der Waals surface area contributed by atoms with Crippen LogP contribution < -0.4 is 11.5 Å². The molecule has 0 saturated heterocycles. The molecule has 1 aromatic heterocycles. The number of carbonyl (C=O) groups is 1. The second-order valence-corrected chi connectivity index (χ2v) is 3.70. The molecule has 1 heterocycles. The van der Waals surface area contributed by atoms with E-state index in [1.807, 2.05) is 18.2 Å². The number of amides is 1. The van der Waals surface area contributed by atoms with E-state index in [0.717, 1.165) is 16.5 Å². The summed E-state index contributed by atoms with van der Waals surface area (Å²) in [5, 5.41) is 0.918. The van der Waals surface area contributed by atoms with E-state index in [2.05, 4.69) is 12.8 Å². The van der Waals surface area contributed by atoms with Gasteiger partial charge < -0.3 is 11.5 Å². The summed E-state index contributed by atoms with van der Waals surface area (Å²) in [5.41, 5.74) is 13.0. The number of hydrogen-bond acceptors (Lipinski definition) is 3. The highest BCUT2D eigenvalue weighted by Gasteiger charge is 2.10. The molecule has 0 aliphatic carbocycles. The highest BCUT2D eigenvalue weighted by molar-refractivity contribution is 7.78. The normalized spacial score (nSPS) is 10.8. The van der Waals surface area contributed by atoms with Crippen LogP contribution in [-0.2, 0) is 6.54 Å². The van der Waals surface area contributed by atoms with Crippen molar-refractivity contribution in [2.75, 3.05) is 0 Å². The largest absolute Gasteiger partial charge is 0.364 e. The van der Waals surface area contributed by atoms with Gasteiger partial charge in [0, 0.05) is 11.9 Å². The summed E-state index contributed by atoms with van der Waals surface area (Å²) in [7, 11) is 0. The molecule has 0 radical (unpaired) electrons. The number of thiol groups is 1. The van der Waals surface area contributed by atoms with Gasteiger partial charge in [0.25, 0.3) is 5.91 Å². The highest BCUT2D eigenvalue weighted by Crippen LogP contribution is 2.21. The molecule has 0 spiro atoms. The molecule has 4 nitrogen and oxygen atoms in total. The Morgan fingerprint density at radius 1 is 1.40 bits per heavy atom. The van der Waals surface area contributed by atoms with Crippen LogP contribution in [0.1, 0.15) is 16.1 Å². The highest BCUT2D eigenvalue weighted by atomic mass is 32.1. The molecule has 78 valence electrons. The van der Waals surface area contributed by atoms with Crippen LogP contribution in [-0.4, -0.2) is 9.88 Å². The Morgan fingerprint density at radius 2 is 2.13 bits per heavy atom. The average Bonchev–Trinajstić information content (AvgIpc) is 2.55. The number of nitrogens with zero attached hydrogens (tertiary/aromatic N) is 1. The molecule has 0 saturated carbocycles. The number of aromatic nitrogens is 1. The van der Waals surface area contributed by atoms with Crippen LogP contribution in [0.3, 0.4) is 0 Å². The van der Waals surface area contributed by atoms with E-state index in [0.29, 0.717) is 12.2 Å². The van der Waals surface area contributed by atoms with E-state index >= 15 is 0 Å². The number of carbonyl (C=O) groups excluding carboxylic acids is 1. The van der Waals surface area contributed by atoms with Crippen LogP contribution in [0.2, 0.25) is 0 Å². The molecule has 0 bridgehead atoms. The van der Waals surface area contributed by atoms with Gasteiger partial charge >= 0.3 is 0 Å². The maximum atomic E-state index is 11.1. The molecule has 0 fully saturated rings. The van der Waals surface area contributed by atoms with Gasteiger partial charge in [0.1, 0.15) is 5.69 Å². The fourth-order valence-electron chi connectivity index (χ4n) is 1.55. The van der Waals surface area contributed by atoms with Gasteiger partial charge in [0.2, 0.25) is 0 Å². The summed E-state index contributed by atoms with van der Waals surface area (Å²) in [4.78, 5) is 11.1. The summed E-state index contributed by atoms with van der Waals surface area (Å²) in [5.74, 6) is -0.490. The lowest BCUT2D eigenvalue weighted by Crippen LogP contribution is -2.13. The molecule has 15 heavy (non-hydrogen) atoms. The van der Waals surface area contributed by atoms with Crippen molar-refractivity contribution in [3.63, 3.8) is 0 Å². The number of benzene rings is 1. The Bertz CT molecular complexity index is 533. The van der Waals surface area contributed by atoms with E-state index in [4.69, 9.17) is 11.5 Å². The Morgan fingerprint density at radius 3 is 2.73 bits per heavy atom. The molecule has 0 atom stereocenters. The fraction of sp³-hybridized carbons (Fsp3) is 0.100. The Kier molecular flexibility index (Phi) is 2.42. The van der Waals surface area contributed by atoms with Crippen molar-refractivity contribution in [1.82, 2.24) is 3.97 Å². The maximum absolute atomic E-state index is 11.1. The zero-order valence-corrected chi connectivity index (χ0v) is 8.87. The van der Waals surface area contributed by atoms with Crippen molar-refractivity contribution < 1.29 is 4.79 Å². The predicted octanol–water partition coefficient (Wildman–Crippen LogP) is 0.892. The van der Waals surface area contributed by atoms with Crippen molar-refractivity contribution in [3.8, 4) is 0 Å². The number of nitrogens with two attached hydrogens (primary N) is 2. The smallest absolute Gasteiger partial charge is 0.266 e. The molecule has 5 heteroatoms. The lowest BCUT2D eigenvalue weighted by molar-refractivity contribution is 0.0995. The number of hydrogen-bond donors (Lipinski definition) is 3. The summed E-state index contributed by atoms with van der Waals surface area (Å²) < 4.78 is 1.48. The number of primary amides is 1. The van der Waals surface area contributed by atoms with Gasteiger partial charge in [0.05, 0.1) is 5.52 Å². The van der Waals surface area contributed by atoms with Crippen LogP contribution in [0.25, 0.3) is 10.9 Å². The third-order valence-electron chi connectivity index (χ3n) is 2.33. The molecule has 2 rings (SSSR count). The van der Waals surface area contributed by atoms with E-state index < -0.39 is 5.91 Å². The standard InChI is InChI=1S/C10H11N3OS/c11-5-6-1-2-8-7(3-6)4-9(10(12)14)13(8)15/h1-4,15H,5,11H2,(H2,12,14). The van der Waals surface area contributed by atoms with Crippen molar-refractivity contribution in [2.45, 2.75) is 6.54 Å². The van der Waals surface area contributed by atoms with Crippen LogP contribution in [0, 0.1) is 0 Å². The fourth-order valence-corrected chi connectivity index (χ4v) is 1.89. The SMILES string of the molecule is NCc1ccc2c(c1)cc(C(N)=O)n2S. The van der Waals surface area contributed by atoms with E-state index in [1.54, 1.807) is 6.07 Å². The average molecular weight is 221 g/mol. The van der Waals surface area contributed by atoms with Gasteiger partial charge in [-0.2, -0.15) is 0 Å². The molecular weight excluding hydrogens is 210 g/mol. The summed E-state index contributed by atoms with van der Waals surface area (Å²) in [6, 6.07) is 7.41. The Hall–Kier alpha value is -1.46. The van der Waals surface area contributed by atoms with Gasteiger partial charge in [-0.3, -0.25) is 8.77 Å². The predicted molar refractivity (Wildman–Crippen MR) is 62.7 cm³/mol. The van der Waals surface area contributed by atoms with Crippen molar-refractivity contribution in [1.29, 1.82) is 0 Å². The first-order valence-corrected chi connectivity index (χ1v) is 4.87. The first kappa shape index (κ1) is 10.1. The molecule has 1 aromatic carbocycles. The Balaban J connectivity index is 2.70. The van der Waals surface area contributed by atoms with Crippen LogP contribution in [0.15, 0.2) is 24.3 Å². The quantitative estimate of drug-likeness (QED) is 0.659. The van der Waals surface area contributed by atoms with Gasteiger partial charge in [-0.25, -0.2) is 0 Å². The lowest BCUT2D eigenvalue weighted by Gasteiger charge is -1.99. The van der Waals surface area contributed by atoms with Crippen molar-refractivity contribution in [2.24, 2.45) is 11.5 Å². The van der Waals surface area contributed by atoms with E-state index in [1.165, 1.54) is 3.97 Å². The van der Waals surface area contributed by atoms with Gasteiger partial charge in [0.15, 0.2) is 0 Å². The third kappa shape index (κ3) is 1.60. The molecule has 4 N–H and O–H groups in total. The first-order valence-electron chi connectivity index (χ1n) is 4.47. The monoisotopic (exact) mass is 221 g/mol. The number of fused-ring (bicyclic) bond motifs is 1. The second kappa shape index (κ2) is 3.60. The molecule has 0 aliphatic heterocycles. The molecular formula is C10H11N3OS. The van der Waals surface area contributed by atoms with Crippen LogP contribution in [0.5, 0.6) is 0 Å². The molecule has 0 unspecified atom stereocenters. The molecule has 2 aromatic rings. The summed E-state index contributed by atoms with van der Waals surface area (Å²) in [6.45, 7) is 0.472. The van der Waals surface area contributed by atoms with Crippen LogP contribution >= 0.6 is 12.8 Å². The summed E-state index contributed by atoms with van der Waals surface area (Å²) in [6.07, 6.45) is 0.